The van der Waals surface area contributed by atoms with Crippen molar-refractivity contribution >= 4 is 34.4 Å². The van der Waals surface area contributed by atoms with Crippen molar-refractivity contribution in [2.75, 3.05) is 17.6 Å². The third-order valence-electron chi connectivity index (χ3n) is 2.78. The summed E-state index contributed by atoms with van der Waals surface area (Å²) in [6.07, 6.45) is 0. The molecule has 0 aliphatic carbocycles. The van der Waals surface area contributed by atoms with Gasteiger partial charge in [0, 0.05) is 16.8 Å². The van der Waals surface area contributed by atoms with Gasteiger partial charge >= 0.3 is 0 Å². The van der Waals surface area contributed by atoms with Crippen LogP contribution in [0, 0.1) is 0 Å². The molecule has 0 unspecified atom stereocenters. The maximum atomic E-state index is 5.86. The van der Waals surface area contributed by atoms with Gasteiger partial charge in [0.05, 0.1) is 5.69 Å². The van der Waals surface area contributed by atoms with Crippen molar-refractivity contribution in [3.05, 3.63) is 39.7 Å². The lowest BCUT2D eigenvalue weighted by molar-refractivity contribution is 0.568. The first-order valence-electron chi connectivity index (χ1n) is 5.69. The second-order valence-corrected chi connectivity index (χ2v) is 6.12. The van der Waals surface area contributed by atoms with E-state index in [1.54, 1.807) is 23.5 Å². The number of aromatic nitrogens is 1. The highest BCUT2D eigenvalue weighted by Crippen LogP contribution is 2.28. The highest BCUT2D eigenvalue weighted by Gasteiger charge is 2.21. The van der Waals surface area contributed by atoms with Gasteiger partial charge in [0.15, 0.2) is 5.82 Å². The van der Waals surface area contributed by atoms with Crippen LogP contribution in [0.1, 0.15) is 18.7 Å². The molecule has 0 radical (unpaired) electrons. The van der Waals surface area contributed by atoms with Gasteiger partial charge in [-0.3, -0.25) is 0 Å². The molecule has 2 rings (SSSR count). The maximum absolute atomic E-state index is 5.86. The molecule has 3 nitrogen and oxygen atoms in total. The van der Waals surface area contributed by atoms with E-state index >= 15 is 0 Å². The topological polar surface area (TPSA) is 50.9 Å². The maximum Gasteiger partial charge on any atom is 0.151 e. The monoisotopic (exact) mass is 281 g/mol. The normalized spacial score (nSPS) is 11.5. The Labute approximate surface area is 116 Å². The molecule has 2 aromatic heterocycles. The summed E-state index contributed by atoms with van der Waals surface area (Å²) < 4.78 is 0. The van der Waals surface area contributed by atoms with Crippen molar-refractivity contribution in [1.29, 1.82) is 0 Å². The van der Waals surface area contributed by atoms with Crippen LogP contribution < -0.4 is 11.1 Å². The molecule has 3 N–H and O–H groups in total. The van der Waals surface area contributed by atoms with E-state index in [1.165, 1.54) is 4.88 Å². The minimum absolute atomic E-state index is 0.0323. The number of halogens is 1. The van der Waals surface area contributed by atoms with E-state index in [2.05, 4.69) is 41.7 Å². The molecule has 0 aliphatic heterocycles. The van der Waals surface area contributed by atoms with E-state index < -0.39 is 0 Å². The fourth-order valence-electron chi connectivity index (χ4n) is 1.64. The zero-order valence-corrected chi connectivity index (χ0v) is 12.0. The molecule has 0 aliphatic rings. The lowest BCUT2D eigenvalue weighted by Gasteiger charge is -2.24. The lowest BCUT2D eigenvalue weighted by Crippen LogP contribution is -2.27. The minimum atomic E-state index is 0.0323. The SMILES string of the molecule is CC(C)(CNc1nc(Cl)ccc1N)c1cccs1. The standard InChI is InChI=1S/C13H16ClN3S/c1-13(2,10-4-3-7-18-10)8-16-12-9(15)5-6-11(14)17-12/h3-7H,8,15H2,1-2H3,(H,16,17). The fourth-order valence-corrected chi connectivity index (χ4v) is 2.64. The van der Waals surface area contributed by atoms with Crippen LogP contribution in [-0.4, -0.2) is 11.5 Å². The summed E-state index contributed by atoms with van der Waals surface area (Å²) in [5.41, 5.74) is 6.50. The Kier molecular flexibility index (Phi) is 3.78. The number of nitrogens with one attached hydrogen (secondary N) is 1. The fraction of sp³-hybridized carbons (Fsp3) is 0.308. The van der Waals surface area contributed by atoms with Gasteiger partial charge < -0.3 is 11.1 Å². The third-order valence-corrected chi connectivity index (χ3v) is 4.22. The van der Waals surface area contributed by atoms with Crippen LogP contribution in [0.15, 0.2) is 29.6 Å². The number of anilines is 2. The van der Waals surface area contributed by atoms with Crippen molar-refractivity contribution in [3.8, 4) is 0 Å². The van der Waals surface area contributed by atoms with Gasteiger partial charge in [-0.25, -0.2) is 4.98 Å². The Bertz CT molecular complexity index is 523. The average Bonchev–Trinajstić information content (AvgIpc) is 2.85. The third kappa shape index (κ3) is 2.94. The average molecular weight is 282 g/mol. The van der Waals surface area contributed by atoms with Gasteiger partial charge in [-0.2, -0.15) is 0 Å². The number of nitrogen functional groups attached to an aromatic ring is 1. The molecule has 0 saturated heterocycles. The largest absolute Gasteiger partial charge is 0.396 e. The number of thiophene rings is 1. The molecule has 0 fully saturated rings. The van der Waals surface area contributed by atoms with Crippen LogP contribution in [0.2, 0.25) is 5.15 Å². The van der Waals surface area contributed by atoms with Crippen LogP contribution in [0.3, 0.4) is 0 Å². The van der Waals surface area contributed by atoms with Crippen LogP contribution in [0.4, 0.5) is 11.5 Å². The number of nitrogens with two attached hydrogens (primary N) is 1. The molecule has 0 bridgehead atoms. The first kappa shape index (κ1) is 13.2. The molecule has 2 heterocycles. The van der Waals surface area contributed by atoms with Crippen LogP contribution in [-0.2, 0) is 5.41 Å². The smallest absolute Gasteiger partial charge is 0.151 e. The Morgan fingerprint density at radius 2 is 2.17 bits per heavy atom. The molecule has 96 valence electrons. The van der Waals surface area contributed by atoms with Crippen molar-refractivity contribution in [3.63, 3.8) is 0 Å². The first-order chi connectivity index (χ1) is 8.49. The summed E-state index contributed by atoms with van der Waals surface area (Å²) in [6.45, 7) is 5.13. The molecule has 2 aromatic rings. The van der Waals surface area contributed by atoms with Crippen molar-refractivity contribution in [2.45, 2.75) is 19.3 Å². The summed E-state index contributed by atoms with van der Waals surface area (Å²) >= 11 is 7.62. The van der Waals surface area contributed by atoms with Gasteiger partial charge in [-0.1, -0.05) is 31.5 Å². The van der Waals surface area contributed by atoms with Gasteiger partial charge in [0.2, 0.25) is 0 Å². The molecule has 0 spiro atoms. The lowest BCUT2D eigenvalue weighted by atomic mass is 9.91. The van der Waals surface area contributed by atoms with E-state index in [0.717, 1.165) is 6.54 Å². The Morgan fingerprint density at radius 3 is 2.83 bits per heavy atom. The molecular formula is C13H16ClN3S. The second-order valence-electron chi connectivity index (χ2n) is 4.79. The number of nitrogens with zero attached hydrogens (tertiary/aromatic N) is 1. The first-order valence-corrected chi connectivity index (χ1v) is 6.95. The van der Waals surface area contributed by atoms with Gasteiger partial charge in [0.25, 0.3) is 0 Å². The number of hydrogen-bond donors (Lipinski definition) is 2. The molecule has 0 saturated carbocycles. The summed E-state index contributed by atoms with van der Waals surface area (Å²) in [7, 11) is 0. The number of pyridine rings is 1. The van der Waals surface area contributed by atoms with Crippen molar-refractivity contribution in [1.82, 2.24) is 4.98 Å². The summed E-state index contributed by atoms with van der Waals surface area (Å²) in [5.74, 6) is 0.645. The Hall–Kier alpha value is -1.26. The molecule has 18 heavy (non-hydrogen) atoms. The number of hydrogen-bond acceptors (Lipinski definition) is 4. The van der Waals surface area contributed by atoms with Crippen molar-refractivity contribution < 1.29 is 0 Å². The molecule has 0 amide bonds. The second kappa shape index (κ2) is 5.16. The zero-order chi connectivity index (χ0) is 13.2. The van der Waals surface area contributed by atoms with Gasteiger partial charge in [0.1, 0.15) is 5.15 Å². The van der Waals surface area contributed by atoms with E-state index in [1.807, 2.05) is 0 Å². The Morgan fingerprint density at radius 1 is 1.39 bits per heavy atom. The summed E-state index contributed by atoms with van der Waals surface area (Å²) in [5, 5.41) is 5.80. The van der Waals surface area contributed by atoms with Gasteiger partial charge in [-0.15, -0.1) is 11.3 Å². The van der Waals surface area contributed by atoms with Gasteiger partial charge in [-0.05, 0) is 23.6 Å². The van der Waals surface area contributed by atoms with Crippen molar-refractivity contribution in [2.24, 2.45) is 0 Å². The van der Waals surface area contributed by atoms with E-state index in [4.69, 9.17) is 17.3 Å². The van der Waals surface area contributed by atoms with Crippen LogP contribution in [0.25, 0.3) is 0 Å². The molecule has 0 aromatic carbocycles. The highest BCUT2D eigenvalue weighted by molar-refractivity contribution is 7.10. The molecular weight excluding hydrogens is 266 g/mol. The van der Waals surface area contributed by atoms with E-state index in [0.29, 0.717) is 16.7 Å². The zero-order valence-electron chi connectivity index (χ0n) is 10.4. The predicted octanol–water partition coefficient (Wildman–Crippen LogP) is 3.77. The predicted molar refractivity (Wildman–Crippen MR) is 79.5 cm³/mol. The molecule has 5 heteroatoms. The summed E-state index contributed by atoms with van der Waals surface area (Å²) in [6, 6.07) is 7.65. The van der Waals surface area contributed by atoms with Crippen LogP contribution in [0.5, 0.6) is 0 Å². The Balaban J connectivity index is 2.09. The quantitative estimate of drug-likeness (QED) is 0.839. The van der Waals surface area contributed by atoms with E-state index in [-0.39, 0.29) is 5.41 Å². The molecule has 0 atom stereocenters. The van der Waals surface area contributed by atoms with E-state index in [9.17, 15) is 0 Å². The summed E-state index contributed by atoms with van der Waals surface area (Å²) in [4.78, 5) is 5.52. The number of rotatable bonds is 4. The highest BCUT2D eigenvalue weighted by atomic mass is 35.5. The minimum Gasteiger partial charge on any atom is -0.396 e. The van der Waals surface area contributed by atoms with Crippen LogP contribution >= 0.6 is 22.9 Å².